The molecule has 2 aromatic heterocycles. The topological polar surface area (TPSA) is 126 Å². The Hall–Kier alpha value is -6.17. The molecule has 0 unspecified atom stereocenters. The number of carbonyl (C=O) groups is 1. The van der Waals surface area contributed by atoms with Gasteiger partial charge in [0.2, 0.25) is 11.8 Å². The van der Waals surface area contributed by atoms with Crippen LogP contribution in [0.15, 0.2) is 54.6 Å². The predicted molar refractivity (Wildman–Crippen MR) is 242 cm³/mol. The van der Waals surface area contributed by atoms with E-state index < -0.39 is 70.1 Å². The number of piperazine rings is 1. The number of nitrogens with zero attached hydrogens (tertiary/aromatic N) is 7. The van der Waals surface area contributed by atoms with Gasteiger partial charge in [0.1, 0.15) is 51.4 Å². The molecule has 0 spiro atoms. The summed E-state index contributed by atoms with van der Waals surface area (Å²) in [6, 6.07) is 13.7. The average molecular weight is 932 g/mol. The first-order chi connectivity index (χ1) is 31.9. The number of benzene rings is 3. The summed E-state index contributed by atoms with van der Waals surface area (Å²) in [7, 11) is 3.05. The molecule has 3 aromatic carbocycles. The minimum Gasteiger partial charge on any atom is -0.497 e. The number of aliphatic hydroxyl groups is 1. The standard InChI is InChI=1S/C49H54F5N7O6/c1-26-38(49(52,53)54)34(20-36(39(26)50)59(21-28-8-13-32(64-6)14-9-28)22-29-10-15-33(65-7)16-11-29)41-40(51)42-37-44(57-46(56-42)58-19-18-30(23-58)25-62)60-24-31-12-17-35(43(60)27(2)66-45(37)55-41)61(31)47(63)67-48(3,4)5/h8-11,13-16,20,27,30-31,35,43,62H,12,17-19,21-25H2,1-7H3/t27-,30-,31+,35-,43+/m0/s1. The van der Waals surface area contributed by atoms with E-state index in [1.807, 2.05) is 9.80 Å². The van der Waals surface area contributed by atoms with Crippen molar-refractivity contribution in [2.75, 3.05) is 55.2 Å². The quantitative estimate of drug-likeness (QED) is 0.134. The van der Waals surface area contributed by atoms with Crippen molar-refractivity contribution in [1.82, 2.24) is 19.9 Å². The van der Waals surface area contributed by atoms with Gasteiger partial charge in [-0.1, -0.05) is 24.3 Å². The Kier molecular flexibility index (Phi) is 12.0. The van der Waals surface area contributed by atoms with Crippen LogP contribution in [0, 0.1) is 24.5 Å². The number of anilines is 3. The van der Waals surface area contributed by atoms with Crippen LogP contribution in [0.25, 0.3) is 22.2 Å². The van der Waals surface area contributed by atoms with Crippen molar-refractivity contribution in [3.63, 3.8) is 0 Å². The van der Waals surface area contributed by atoms with Gasteiger partial charge >= 0.3 is 12.3 Å². The van der Waals surface area contributed by atoms with Gasteiger partial charge in [0.05, 0.1) is 43.6 Å². The molecule has 0 radical (unpaired) electrons. The molecule has 356 valence electrons. The first kappa shape index (κ1) is 46.0. The van der Waals surface area contributed by atoms with E-state index in [-0.39, 0.29) is 72.4 Å². The van der Waals surface area contributed by atoms with Crippen molar-refractivity contribution in [2.24, 2.45) is 5.92 Å². The van der Waals surface area contributed by atoms with Crippen molar-refractivity contribution in [3.8, 4) is 28.6 Å². The number of amides is 1. The Morgan fingerprint density at radius 3 is 2.10 bits per heavy atom. The van der Waals surface area contributed by atoms with Crippen LogP contribution in [-0.4, -0.2) is 101 Å². The van der Waals surface area contributed by atoms with E-state index in [9.17, 15) is 9.90 Å². The maximum absolute atomic E-state index is 17.9. The third-order valence-corrected chi connectivity index (χ3v) is 13.3. The van der Waals surface area contributed by atoms with Crippen LogP contribution in [0.5, 0.6) is 17.4 Å². The summed E-state index contributed by atoms with van der Waals surface area (Å²) in [6.45, 7) is 9.27. The van der Waals surface area contributed by atoms with Gasteiger partial charge in [-0.15, -0.1) is 0 Å². The second-order valence-corrected chi connectivity index (χ2v) is 18.9. The lowest BCUT2D eigenvalue weighted by Crippen LogP contribution is -2.65. The minimum absolute atomic E-state index is 0.0427. The number of fused-ring (bicyclic) bond motifs is 5. The van der Waals surface area contributed by atoms with Gasteiger partial charge < -0.3 is 38.8 Å². The molecule has 67 heavy (non-hydrogen) atoms. The molecule has 4 aliphatic heterocycles. The third kappa shape index (κ3) is 8.57. The number of aliphatic hydroxyl groups excluding tert-OH is 1. The Bertz CT molecular complexity index is 2630. The number of hydrogen-bond donors (Lipinski definition) is 1. The predicted octanol–water partition coefficient (Wildman–Crippen LogP) is 9.08. The minimum atomic E-state index is -5.16. The molecule has 5 atom stereocenters. The van der Waals surface area contributed by atoms with Crippen LogP contribution in [0.2, 0.25) is 0 Å². The van der Waals surface area contributed by atoms with Gasteiger partial charge in [0.25, 0.3) is 0 Å². The lowest BCUT2D eigenvalue weighted by molar-refractivity contribution is -0.137. The molecule has 0 aliphatic carbocycles. The van der Waals surface area contributed by atoms with Crippen molar-refractivity contribution in [3.05, 3.63) is 88.5 Å². The molecular formula is C49H54F5N7O6. The zero-order valence-corrected chi connectivity index (χ0v) is 38.5. The lowest BCUT2D eigenvalue weighted by atomic mass is 9.95. The highest BCUT2D eigenvalue weighted by Gasteiger charge is 2.54. The van der Waals surface area contributed by atoms with Gasteiger partial charge in [-0.05, 0) is 101 Å². The van der Waals surface area contributed by atoms with E-state index >= 15 is 22.0 Å². The molecule has 3 fully saturated rings. The molecular weight excluding hydrogens is 878 g/mol. The van der Waals surface area contributed by atoms with E-state index in [0.717, 1.165) is 13.0 Å². The fourth-order valence-electron chi connectivity index (χ4n) is 10.2. The van der Waals surface area contributed by atoms with Gasteiger partial charge in [-0.3, -0.25) is 4.90 Å². The largest absolute Gasteiger partial charge is 0.497 e. The summed E-state index contributed by atoms with van der Waals surface area (Å²) in [5, 5.41) is 10.1. The maximum Gasteiger partial charge on any atom is 0.417 e. The summed E-state index contributed by atoms with van der Waals surface area (Å²) >= 11 is 0. The SMILES string of the molecule is COc1ccc(CN(Cc2ccc(OC)cc2)c2cc(-c3nc4c5c(nc(N6CC[C@H](CO)C6)nc5c3F)N3C[C@H]5CC[C@@H]([C@H]3[C@H](C)O4)N5C(=O)OC(C)(C)C)c(C(F)(F)F)c(C)c2F)cc1. The van der Waals surface area contributed by atoms with Gasteiger partial charge in [0, 0.05) is 50.8 Å². The van der Waals surface area contributed by atoms with E-state index in [0.29, 0.717) is 55.0 Å². The first-order valence-corrected chi connectivity index (χ1v) is 22.5. The number of rotatable bonds is 10. The van der Waals surface area contributed by atoms with Crippen molar-refractivity contribution in [2.45, 2.75) is 103 Å². The molecule has 6 heterocycles. The van der Waals surface area contributed by atoms with Gasteiger partial charge in [-0.2, -0.15) is 18.2 Å². The van der Waals surface area contributed by atoms with Crippen molar-refractivity contribution in [1.29, 1.82) is 0 Å². The number of hydrogen-bond acceptors (Lipinski definition) is 12. The molecule has 1 N–H and O–H groups in total. The van der Waals surface area contributed by atoms with E-state index in [2.05, 4.69) is 4.98 Å². The molecule has 0 saturated carbocycles. The lowest BCUT2D eigenvalue weighted by Gasteiger charge is -2.48. The fraction of sp³-hybridized carbons (Fsp3) is 0.469. The van der Waals surface area contributed by atoms with Crippen LogP contribution < -0.4 is 28.9 Å². The number of carbonyl (C=O) groups excluding carboxylic acids is 1. The molecule has 18 heteroatoms. The Morgan fingerprint density at radius 1 is 0.896 bits per heavy atom. The van der Waals surface area contributed by atoms with Crippen LogP contribution in [0.3, 0.4) is 0 Å². The second-order valence-electron chi connectivity index (χ2n) is 18.9. The first-order valence-electron chi connectivity index (χ1n) is 22.5. The number of methoxy groups -OCH3 is 2. The second kappa shape index (κ2) is 17.5. The van der Waals surface area contributed by atoms with E-state index in [4.69, 9.17) is 28.9 Å². The highest BCUT2D eigenvalue weighted by molar-refractivity contribution is 5.98. The molecule has 9 rings (SSSR count). The van der Waals surface area contributed by atoms with Crippen LogP contribution in [-0.2, 0) is 24.0 Å². The summed E-state index contributed by atoms with van der Waals surface area (Å²) in [6.07, 6.45) is -4.53. The van der Waals surface area contributed by atoms with Gasteiger partial charge in [-0.25, -0.2) is 23.5 Å². The number of alkyl halides is 3. The van der Waals surface area contributed by atoms with Gasteiger partial charge in [0.15, 0.2) is 5.82 Å². The monoisotopic (exact) mass is 931 g/mol. The molecule has 2 bridgehead atoms. The Labute approximate surface area is 385 Å². The summed E-state index contributed by atoms with van der Waals surface area (Å²) in [5.74, 6) is -1.07. The Morgan fingerprint density at radius 2 is 1.54 bits per heavy atom. The molecule has 3 saturated heterocycles. The maximum atomic E-state index is 17.9. The number of halogens is 5. The summed E-state index contributed by atoms with van der Waals surface area (Å²) in [4.78, 5) is 35.3. The van der Waals surface area contributed by atoms with Crippen LogP contribution in [0.1, 0.15) is 69.2 Å². The molecule has 4 aliphatic rings. The molecule has 1 amide bonds. The third-order valence-electron chi connectivity index (χ3n) is 13.3. The number of ether oxygens (including phenoxy) is 4. The van der Waals surface area contributed by atoms with Crippen LogP contribution >= 0.6 is 0 Å². The number of aromatic nitrogens is 3. The normalized spacial score (nSPS) is 21.3. The summed E-state index contributed by atoms with van der Waals surface area (Å²) < 4.78 is 105. The van der Waals surface area contributed by atoms with Crippen molar-refractivity contribution < 1.29 is 50.8 Å². The van der Waals surface area contributed by atoms with Crippen molar-refractivity contribution >= 4 is 34.4 Å². The summed E-state index contributed by atoms with van der Waals surface area (Å²) in [5.41, 5.74) is -3.50. The average Bonchev–Trinajstić information content (AvgIpc) is 3.87. The Balaban J connectivity index is 1.24. The smallest absolute Gasteiger partial charge is 0.417 e. The fourth-order valence-corrected chi connectivity index (χ4v) is 10.2. The highest BCUT2D eigenvalue weighted by atomic mass is 19.4. The zero-order chi connectivity index (χ0) is 47.7. The zero-order valence-electron chi connectivity index (χ0n) is 38.5. The number of pyridine rings is 1. The van der Waals surface area contributed by atoms with E-state index in [1.54, 1.807) is 86.0 Å². The highest BCUT2D eigenvalue weighted by Crippen LogP contribution is 2.49. The molecule has 13 nitrogen and oxygen atoms in total. The van der Waals surface area contributed by atoms with E-state index in [1.165, 1.54) is 14.2 Å². The van der Waals surface area contributed by atoms with Crippen LogP contribution in [0.4, 0.5) is 44.2 Å². The molecule has 5 aromatic rings.